The van der Waals surface area contributed by atoms with Crippen molar-refractivity contribution < 1.29 is 9.18 Å². The number of carbonyl (C=O) groups excluding carboxylic acids is 1. The van der Waals surface area contributed by atoms with Crippen molar-refractivity contribution in [3.05, 3.63) is 64.4 Å². The van der Waals surface area contributed by atoms with Crippen LogP contribution >= 0.6 is 15.9 Å². The van der Waals surface area contributed by atoms with Crippen molar-refractivity contribution in [3.63, 3.8) is 0 Å². The Morgan fingerprint density at radius 1 is 1.20 bits per heavy atom. The highest BCUT2D eigenvalue weighted by atomic mass is 79.9. The van der Waals surface area contributed by atoms with Crippen molar-refractivity contribution in [1.29, 1.82) is 0 Å². The molecule has 0 radical (unpaired) electrons. The van der Waals surface area contributed by atoms with E-state index in [2.05, 4.69) is 21.2 Å². The van der Waals surface area contributed by atoms with Crippen LogP contribution in [0.1, 0.15) is 12.5 Å². The lowest BCUT2D eigenvalue weighted by molar-refractivity contribution is -0.122. The Morgan fingerprint density at radius 2 is 1.80 bits per heavy atom. The summed E-state index contributed by atoms with van der Waals surface area (Å²) in [4.78, 5) is 11.9. The van der Waals surface area contributed by atoms with Gasteiger partial charge in [0.1, 0.15) is 11.4 Å². The smallest absolute Gasteiger partial charge is 0.247 e. The van der Waals surface area contributed by atoms with Crippen LogP contribution in [-0.2, 0) is 10.3 Å². The monoisotopic (exact) mass is 336 g/mol. The number of para-hydroxylation sites is 1. The summed E-state index contributed by atoms with van der Waals surface area (Å²) in [6, 6.07) is 13.4. The Bertz CT molecular complexity index is 647. The highest BCUT2D eigenvalue weighted by Gasteiger charge is 2.35. The molecule has 0 spiro atoms. The van der Waals surface area contributed by atoms with Crippen molar-refractivity contribution in [2.75, 3.05) is 5.32 Å². The van der Waals surface area contributed by atoms with Gasteiger partial charge in [-0.1, -0.05) is 46.3 Å². The van der Waals surface area contributed by atoms with Crippen LogP contribution in [0.4, 0.5) is 10.1 Å². The van der Waals surface area contributed by atoms with E-state index in [1.807, 2.05) is 6.07 Å². The van der Waals surface area contributed by atoms with Gasteiger partial charge in [0, 0.05) is 10.0 Å². The third kappa shape index (κ3) is 2.67. The summed E-state index contributed by atoms with van der Waals surface area (Å²) in [5, 5.41) is 2.90. The number of rotatable bonds is 4. The van der Waals surface area contributed by atoms with Crippen LogP contribution < -0.4 is 11.1 Å². The van der Waals surface area contributed by atoms with Gasteiger partial charge >= 0.3 is 0 Å². The number of amides is 1. The maximum absolute atomic E-state index is 13.8. The predicted octanol–water partition coefficient (Wildman–Crippen LogP) is 3.40. The third-order valence-corrected chi connectivity index (χ3v) is 3.86. The van der Waals surface area contributed by atoms with Crippen LogP contribution in [0.15, 0.2) is 53.0 Å². The zero-order chi connectivity index (χ0) is 14.8. The fourth-order valence-electron chi connectivity index (χ4n) is 1.96. The standard InChI is InChI=1S/C15H14BrFN2O/c1-15(14(18)20,10-6-2-3-7-11(10)16)19-13-9-5-4-8-12(13)17/h2-9,19H,1H3,(H2,18,20). The van der Waals surface area contributed by atoms with Gasteiger partial charge in [0.15, 0.2) is 0 Å². The highest BCUT2D eigenvalue weighted by Crippen LogP contribution is 2.32. The lowest BCUT2D eigenvalue weighted by atomic mass is 9.90. The Labute approximate surface area is 125 Å². The maximum atomic E-state index is 13.8. The second-order valence-electron chi connectivity index (χ2n) is 4.57. The highest BCUT2D eigenvalue weighted by molar-refractivity contribution is 9.10. The zero-order valence-corrected chi connectivity index (χ0v) is 12.4. The molecule has 3 nitrogen and oxygen atoms in total. The summed E-state index contributed by atoms with van der Waals surface area (Å²) >= 11 is 3.39. The molecule has 1 unspecified atom stereocenters. The van der Waals surface area contributed by atoms with E-state index in [9.17, 15) is 9.18 Å². The van der Waals surface area contributed by atoms with Gasteiger partial charge in [-0.05, 0) is 25.1 Å². The fraction of sp³-hybridized carbons (Fsp3) is 0.133. The number of carbonyl (C=O) groups is 1. The fourth-order valence-corrected chi connectivity index (χ4v) is 2.64. The molecule has 5 heteroatoms. The lowest BCUT2D eigenvalue weighted by Crippen LogP contribution is -2.45. The van der Waals surface area contributed by atoms with Gasteiger partial charge in [-0.3, -0.25) is 4.79 Å². The van der Waals surface area contributed by atoms with Crippen molar-refractivity contribution in [1.82, 2.24) is 0 Å². The minimum absolute atomic E-state index is 0.226. The lowest BCUT2D eigenvalue weighted by Gasteiger charge is -2.30. The first kappa shape index (κ1) is 14.5. The second kappa shape index (κ2) is 5.63. The van der Waals surface area contributed by atoms with E-state index in [0.717, 1.165) is 4.47 Å². The number of benzene rings is 2. The topological polar surface area (TPSA) is 55.1 Å². The third-order valence-electron chi connectivity index (χ3n) is 3.16. The SMILES string of the molecule is CC(Nc1ccccc1F)(C(N)=O)c1ccccc1Br. The summed E-state index contributed by atoms with van der Waals surface area (Å²) in [7, 11) is 0. The van der Waals surface area contributed by atoms with Gasteiger partial charge in [-0.25, -0.2) is 4.39 Å². The number of nitrogens with one attached hydrogen (secondary N) is 1. The first-order chi connectivity index (χ1) is 9.45. The summed E-state index contributed by atoms with van der Waals surface area (Å²) < 4.78 is 14.5. The summed E-state index contributed by atoms with van der Waals surface area (Å²) in [6.07, 6.45) is 0. The molecule has 1 amide bonds. The normalized spacial score (nSPS) is 13.6. The van der Waals surface area contributed by atoms with Gasteiger partial charge in [-0.15, -0.1) is 0 Å². The van der Waals surface area contributed by atoms with E-state index < -0.39 is 17.3 Å². The predicted molar refractivity (Wildman–Crippen MR) is 80.7 cm³/mol. The van der Waals surface area contributed by atoms with Crippen LogP contribution in [-0.4, -0.2) is 5.91 Å². The molecule has 0 aliphatic rings. The Morgan fingerprint density at radius 3 is 2.40 bits per heavy atom. The average Bonchev–Trinajstić information content (AvgIpc) is 2.41. The molecular weight excluding hydrogens is 323 g/mol. The largest absolute Gasteiger partial charge is 0.367 e. The van der Waals surface area contributed by atoms with Crippen molar-refractivity contribution in [3.8, 4) is 0 Å². The summed E-state index contributed by atoms with van der Waals surface area (Å²) in [5.74, 6) is -1.03. The van der Waals surface area contributed by atoms with Gasteiger partial charge in [0.2, 0.25) is 5.91 Å². The minimum atomic E-state index is -1.22. The molecule has 104 valence electrons. The van der Waals surface area contributed by atoms with Crippen molar-refractivity contribution in [2.45, 2.75) is 12.5 Å². The molecule has 0 saturated heterocycles. The molecule has 0 fully saturated rings. The quantitative estimate of drug-likeness (QED) is 0.898. The van der Waals surface area contributed by atoms with E-state index >= 15 is 0 Å². The molecule has 2 aromatic carbocycles. The molecule has 0 heterocycles. The molecule has 0 aliphatic heterocycles. The minimum Gasteiger partial charge on any atom is -0.367 e. The zero-order valence-electron chi connectivity index (χ0n) is 10.9. The maximum Gasteiger partial charge on any atom is 0.247 e. The molecule has 1 atom stereocenters. The van der Waals surface area contributed by atoms with E-state index in [4.69, 9.17) is 5.73 Å². The summed E-state index contributed by atoms with van der Waals surface area (Å²) in [6.45, 7) is 1.63. The molecule has 0 bridgehead atoms. The Hall–Kier alpha value is -1.88. The summed E-state index contributed by atoms with van der Waals surface area (Å²) in [5.41, 5.74) is 5.18. The van der Waals surface area contributed by atoms with Crippen LogP contribution in [0, 0.1) is 5.82 Å². The first-order valence-corrected chi connectivity index (χ1v) is 6.82. The number of hydrogen-bond acceptors (Lipinski definition) is 2. The number of anilines is 1. The molecule has 20 heavy (non-hydrogen) atoms. The van der Waals surface area contributed by atoms with Crippen LogP contribution in [0.2, 0.25) is 0 Å². The van der Waals surface area contributed by atoms with Gasteiger partial charge in [0.05, 0.1) is 5.69 Å². The Kier molecular flexibility index (Phi) is 4.09. The van der Waals surface area contributed by atoms with E-state index in [-0.39, 0.29) is 5.69 Å². The molecule has 2 aromatic rings. The van der Waals surface area contributed by atoms with Gasteiger partial charge < -0.3 is 11.1 Å². The van der Waals surface area contributed by atoms with E-state index in [0.29, 0.717) is 5.56 Å². The molecule has 0 saturated carbocycles. The molecule has 3 N–H and O–H groups in total. The second-order valence-corrected chi connectivity index (χ2v) is 5.43. The van der Waals surface area contributed by atoms with E-state index in [1.54, 1.807) is 43.3 Å². The number of hydrogen-bond donors (Lipinski definition) is 2. The Balaban J connectivity index is 2.49. The van der Waals surface area contributed by atoms with Crippen LogP contribution in [0.3, 0.4) is 0 Å². The number of halogens is 2. The van der Waals surface area contributed by atoms with Gasteiger partial charge in [-0.2, -0.15) is 0 Å². The average molecular weight is 337 g/mol. The number of primary amides is 1. The number of nitrogens with two attached hydrogens (primary N) is 1. The van der Waals surface area contributed by atoms with Gasteiger partial charge in [0.25, 0.3) is 0 Å². The molecule has 0 aromatic heterocycles. The molecular formula is C15H14BrFN2O. The van der Waals surface area contributed by atoms with Crippen molar-refractivity contribution >= 4 is 27.5 Å². The molecule has 0 aliphatic carbocycles. The van der Waals surface area contributed by atoms with Crippen LogP contribution in [0.25, 0.3) is 0 Å². The van der Waals surface area contributed by atoms with Crippen molar-refractivity contribution in [2.24, 2.45) is 5.73 Å². The molecule has 2 rings (SSSR count). The van der Waals surface area contributed by atoms with E-state index in [1.165, 1.54) is 6.07 Å². The first-order valence-electron chi connectivity index (χ1n) is 6.03. The van der Waals surface area contributed by atoms with Crippen LogP contribution in [0.5, 0.6) is 0 Å².